The summed E-state index contributed by atoms with van der Waals surface area (Å²) >= 11 is 6.46. The van der Waals surface area contributed by atoms with Crippen LogP contribution in [0, 0.1) is 6.92 Å². The number of H-pyrrole nitrogens is 1. The lowest BCUT2D eigenvalue weighted by Gasteiger charge is -2.40. The number of nitrogens with one attached hydrogen (secondary N) is 2. The highest BCUT2D eigenvalue weighted by atomic mass is 35.5. The van der Waals surface area contributed by atoms with E-state index >= 15 is 0 Å². The molecule has 1 fully saturated rings. The maximum absolute atomic E-state index is 12.9. The van der Waals surface area contributed by atoms with E-state index in [4.69, 9.17) is 11.6 Å². The standard InChI is InChI=1S/C23H34ClN5O/c1-5-29(19-8-6-18(7-9-19)28(3)4)21-15-17(24)14-20(16(21)2)23(30)27-11-10-22-25-12-13-26-22/h12-15,18-19H,5-11H2,1-4H3,(H,25,26)(H,27,30). The van der Waals surface area contributed by atoms with Gasteiger partial charge in [0.05, 0.1) is 0 Å². The van der Waals surface area contributed by atoms with Crippen molar-refractivity contribution < 1.29 is 4.79 Å². The average Bonchev–Trinajstić information content (AvgIpc) is 3.24. The molecule has 0 spiro atoms. The number of halogens is 1. The first-order valence-corrected chi connectivity index (χ1v) is 11.3. The zero-order chi connectivity index (χ0) is 21.7. The summed E-state index contributed by atoms with van der Waals surface area (Å²) in [5, 5.41) is 3.61. The fraction of sp³-hybridized carbons (Fsp3) is 0.565. The molecule has 1 aromatic heterocycles. The molecule has 1 heterocycles. The molecular formula is C23H34ClN5O. The lowest BCUT2D eigenvalue weighted by Crippen LogP contribution is -2.42. The molecule has 164 valence electrons. The van der Waals surface area contributed by atoms with Gasteiger partial charge in [-0.15, -0.1) is 0 Å². The van der Waals surface area contributed by atoms with Crippen LogP contribution < -0.4 is 10.2 Å². The fourth-order valence-corrected chi connectivity index (χ4v) is 4.75. The Hall–Kier alpha value is -2.05. The maximum Gasteiger partial charge on any atom is 0.251 e. The van der Waals surface area contributed by atoms with Crippen molar-refractivity contribution in [2.75, 3.05) is 32.1 Å². The van der Waals surface area contributed by atoms with Crippen molar-refractivity contribution in [2.24, 2.45) is 0 Å². The first kappa shape index (κ1) is 22.6. The fourth-order valence-electron chi connectivity index (χ4n) is 4.53. The predicted molar refractivity (Wildman–Crippen MR) is 124 cm³/mol. The second kappa shape index (κ2) is 10.3. The van der Waals surface area contributed by atoms with Crippen LogP contribution in [0.25, 0.3) is 0 Å². The molecule has 0 aliphatic heterocycles. The highest BCUT2D eigenvalue weighted by molar-refractivity contribution is 6.31. The van der Waals surface area contributed by atoms with Crippen molar-refractivity contribution in [1.82, 2.24) is 20.2 Å². The number of carbonyl (C=O) groups is 1. The van der Waals surface area contributed by atoms with Gasteiger partial charge in [-0.05, 0) is 71.3 Å². The Morgan fingerprint density at radius 3 is 2.53 bits per heavy atom. The molecule has 0 bridgehead atoms. The van der Waals surface area contributed by atoms with Crippen molar-refractivity contribution in [3.05, 3.63) is 46.5 Å². The number of nitrogens with zero attached hydrogens (tertiary/aromatic N) is 3. The third kappa shape index (κ3) is 5.35. The van der Waals surface area contributed by atoms with Gasteiger partial charge in [0.15, 0.2) is 0 Å². The summed E-state index contributed by atoms with van der Waals surface area (Å²) in [5.74, 6) is 0.777. The average molecular weight is 432 g/mol. The third-order valence-corrected chi connectivity index (χ3v) is 6.50. The van der Waals surface area contributed by atoms with E-state index in [0.29, 0.717) is 35.6 Å². The molecule has 2 aromatic rings. The van der Waals surface area contributed by atoms with E-state index in [1.807, 2.05) is 13.0 Å². The van der Waals surface area contributed by atoms with Crippen molar-refractivity contribution in [3.8, 4) is 0 Å². The predicted octanol–water partition coefficient (Wildman–Crippen LogP) is 4.04. The van der Waals surface area contributed by atoms with Crippen LogP contribution in [0.5, 0.6) is 0 Å². The van der Waals surface area contributed by atoms with Crippen LogP contribution in [0.2, 0.25) is 5.02 Å². The SMILES string of the molecule is CCN(c1cc(Cl)cc(C(=O)NCCc2ncc[nH]2)c1C)C1CCC(N(C)C)CC1. The number of aromatic nitrogens is 2. The molecule has 2 N–H and O–H groups in total. The molecular weight excluding hydrogens is 398 g/mol. The second-order valence-electron chi connectivity index (χ2n) is 8.35. The van der Waals surface area contributed by atoms with Crippen LogP contribution in [-0.4, -0.2) is 60.0 Å². The van der Waals surface area contributed by atoms with Gasteiger partial charge in [0.25, 0.3) is 5.91 Å². The monoisotopic (exact) mass is 431 g/mol. The van der Waals surface area contributed by atoms with Crippen molar-refractivity contribution in [2.45, 2.75) is 58.0 Å². The molecule has 6 nitrogen and oxygen atoms in total. The van der Waals surface area contributed by atoms with E-state index in [1.54, 1.807) is 18.5 Å². The molecule has 1 aliphatic carbocycles. The number of aromatic amines is 1. The molecule has 30 heavy (non-hydrogen) atoms. The summed E-state index contributed by atoms with van der Waals surface area (Å²) in [6, 6.07) is 4.94. The van der Waals surface area contributed by atoms with Gasteiger partial charge in [0.2, 0.25) is 0 Å². The Morgan fingerprint density at radius 1 is 1.23 bits per heavy atom. The molecule has 0 unspecified atom stereocenters. The minimum Gasteiger partial charge on any atom is -0.369 e. The van der Waals surface area contributed by atoms with E-state index in [2.05, 4.69) is 46.1 Å². The van der Waals surface area contributed by atoms with Crippen molar-refractivity contribution >= 4 is 23.2 Å². The lowest BCUT2D eigenvalue weighted by molar-refractivity contribution is 0.0953. The van der Waals surface area contributed by atoms with Gasteiger partial charge in [-0.3, -0.25) is 4.79 Å². The molecule has 7 heteroatoms. The first-order chi connectivity index (χ1) is 14.4. The maximum atomic E-state index is 12.9. The Morgan fingerprint density at radius 2 is 1.93 bits per heavy atom. The number of anilines is 1. The quantitative estimate of drug-likeness (QED) is 0.662. The Kier molecular flexibility index (Phi) is 7.78. The van der Waals surface area contributed by atoms with E-state index in [1.165, 1.54) is 12.8 Å². The van der Waals surface area contributed by atoms with Gasteiger partial charge in [0, 0.05) is 60.3 Å². The van der Waals surface area contributed by atoms with Gasteiger partial charge in [0.1, 0.15) is 5.82 Å². The number of hydrogen-bond donors (Lipinski definition) is 2. The highest BCUT2D eigenvalue weighted by Crippen LogP contribution is 2.34. The highest BCUT2D eigenvalue weighted by Gasteiger charge is 2.28. The molecule has 3 rings (SSSR count). The molecule has 1 amide bonds. The number of benzene rings is 1. The smallest absolute Gasteiger partial charge is 0.251 e. The normalized spacial score (nSPS) is 19.1. The lowest BCUT2D eigenvalue weighted by atomic mass is 9.89. The van der Waals surface area contributed by atoms with Crippen LogP contribution in [-0.2, 0) is 6.42 Å². The molecule has 0 saturated heterocycles. The Bertz CT molecular complexity index is 828. The van der Waals surface area contributed by atoms with Gasteiger partial charge in [-0.25, -0.2) is 4.98 Å². The number of rotatable bonds is 8. The summed E-state index contributed by atoms with van der Waals surface area (Å²) in [6.45, 7) is 5.64. The summed E-state index contributed by atoms with van der Waals surface area (Å²) in [5.41, 5.74) is 2.72. The van der Waals surface area contributed by atoms with Gasteiger partial charge >= 0.3 is 0 Å². The Labute approximate surface area is 185 Å². The second-order valence-corrected chi connectivity index (χ2v) is 8.79. The van der Waals surface area contributed by atoms with E-state index in [9.17, 15) is 4.79 Å². The Balaban J connectivity index is 1.73. The van der Waals surface area contributed by atoms with Crippen LogP contribution in [0.4, 0.5) is 5.69 Å². The van der Waals surface area contributed by atoms with Crippen LogP contribution in [0.3, 0.4) is 0 Å². The van der Waals surface area contributed by atoms with E-state index < -0.39 is 0 Å². The molecule has 1 aliphatic rings. The van der Waals surface area contributed by atoms with Gasteiger partial charge in [-0.1, -0.05) is 11.6 Å². The van der Waals surface area contributed by atoms with E-state index in [-0.39, 0.29) is 5.91 Å². The summed E-state index contributed by atoms with van der Waals surface area (Å²) in [4.78, 5) is 24.9. The summed E-state index contributed by atoms with van der Waals surface area (Å²) in [7, 11) is 4.33. The minimum atomic E-state index is -0.0878. The van der Waals surface area contributed by atoms with Gasteiger partial charge in [-0.2, -0.15) is 0 Å². The van der Waals surface area contributed by atoms with E-state index in [0.717, 1.165) is 36.5 Å². The van der Waals surface area contributed by atoms with Crippen LogP contribution in [0.15, 0.2) is 24.5 Å². The molecule has 1 aromatic carbocycles. The third-order valence-electron chi connectivity index (χ3n) is 6.28. The van der Waals surface area contributed by atoms with Crippen LogP contribution >= 0.6 is 11.6 Å². The summed E-state index contributed by atoms with van der Waals surface area (Å²) < 4.78 is 0. The zero-order valence-electron chi connectivity index (χ0n) is 18.5. The molecule has 0 atom stereocenters. The number of carbonyl (C=O) groups excluding carboxylic acids is 1. The number of hydrogen-bond acceptors (Lipinski definition) is 4. The molecule has 0 radical (unpaired) electrons. The minimum absolute atomic E-state index is 0.0878. The largest absolute Gasteiger partial charge is 0.369 e. The number of imidazole rings is 1. The van der Waals surface area contributed by atoms with Gasteiger partial charge < -0.3 is 20.1 Å². The zero-order valence-corrected chi connectivity index (χ0v) is 19.3. The van der Waals surface area contributed by atoms with Crippen molar-refractivity contribution in [3.63, 3.8) is 0 Å². The van der Waals surface area contributed by atoms with Crippen LogP contribution in [0.1, 0.15) is 54.4 Å². The number of amides is 1. The molecule has 1 saturated carbocycles. The summed E-state index contributed by atoms with van der Waals surface area (Å²) in [6.07, 6.45) is 8.90. The first-order valence-electron chi connectivity index (χ1n) is 10.9. The van der Waals surface area contributed by atoms with Crippen molar-refractivity contribution in [1.29, 1.82) is 0 Å². The topological polar surface area (TPSA) is 64.3 Å².